The SMILES string of the molecule is CC[C@H](C)[C@H](N)C(=O)Nc1ccc(Br)c(C)c1. The molecule has 1 amide bonds. The summed E-state index contributed by atoms with van der Waals surface area (Å²) in [6.07, 6.45) is 0.897. The van der Waals surface area contributed by atoms with E-state index in [1.54, 1.807) is 0 Å². The summed E-state index contributed by atoms with van der Waals surface area (Å²) in [4.78, 5) is 11.9. The van der Waals surface area contributed by atoms with Gasteiger partial charge in [0.2, 0.25) is 5.91 Å². The molecule has 0 saturated heterocycles. The fourth-order valence-electron chi connectivity index (χ4n) is 1.46. The van der Waals surface area contributed by atoms with Crippen LogP contribution in [0.2, 0.25) is 0 Å². The quantitative estimate of drug-likeness (QED) is 0.897. The van der Waals surface area contributed by atoms with Gasteiger partial charge in [-0.1, -0.05) is 36.2 Å². The van der Waals surface area contributed by atoms with Gasteiger partial charge in [0.25, 0.3) is 0 Å². The smallest absolute Gasteiger partial charge is 0.241 e. The summed E-state index contributed by atoms with van der Waals surface area (Å²) < 4.78 is 1.03. The van der Waals surface area contributed by atoms with Crippen molar-refractivity contribution in [1.29, 1.82) is 0 Å². The van der Waals surface area contributed by atoms with Gasteiger partial charge < -0.3 is 11.1 Å². The lowest BCUT2D eigenvalue weighted by Crippen LogP contribution is -2.40. The number of amides is 1. The van der Waals surface area contributed by atoms with Crippen molar-refractivity contribution in [3.05, 3.63) is 28.2 Å². The molecule has 94 valence electrons. The number of nitrogens with one attached hydrogen (secondary N) is 1. The second kappa shape index (κ2) is 6.17. The topological polar surface area (TPSA) is 55.1 Å². The number of hydrogen-bond acceptors (Lipinski definition) is 2. The van der Waals surface area contributed by atoms with E-state index in [0.29, 0.717) is 0 Å². The maximum Gasteiger partial charge on any atom is 0.241 e. The van der Waals surface area contributed by atoms with Gasteiger partial charge in [-0.2, -0.15) is 0 Å². The number of benzene rings is 1. The Morgan fingerprint density at radius 3 is 2.71 bits per heavy atom. The van der Waals surface area contributed by atoms with Crippen LogP contribution in [0.5, 0.6) is 0 Å². The summed E-state index contributed by atoms with van der Waals surface area (Å²) >= 11 is 3.42. The molecule has 17 heavy (non-hydrogen) atoms. The molecule has 1 aromatic carbocycles. The second-order valence-corrected chi connectivity index (χ2v) is 5.22. The Kier molecular flexibility index (Phi) is 5.15. The van der Waals surface area contributed by atoms with Crippen LogP contribution in [0.25, 0.3) is 0 Å². The third-order valence-electron chi connectivity index (χ3n) is 2.99. The number of rotatable bonds is 4. The maximum absolute atomic E-state index is 11.9. The molecule has 0 aromatic heterocycles. The molecule has 0 bridgehead atoms. The van der Waals surface area contributed by atoms with E-state index in [0.717, 1.165) is 22.1 Å². The summed E-state index contributed by atoms with van der Waals surface area (Å²) in [6.45, 7) is 5.99. The molecule has 1 rings (SSSR count). The molecule has 0 fully saturated rings. The van der Waals surface area contributed by atoms with Crippen LogP contribution >= 0.6 is 15.9 Å². The van der Waals surface area contributed by atoms with E-state index in [-0.39, 0.29) is 11.8 Å². The van der Waals surface area contributed by atoms with Crippen molar-refractivity contribution < 1.29 is 4.79 Å². The molecule has 0 unspecified atom stereocenters. The van der Waals surface area contributed by atoms with Crippen molar-refractivity contribution in [1.82, 2.24) is 0 Å². The normalized spacial score (nSPS) is 14.2. The average molecular weight is 299 g/mol. The van der Waals surface area contributed by atoms with Crippen molar-refractivity contribution in [3.63, 3.8) is 0 Å². The molecule has 0 radical (unpaired) electrons. The van der Waals surface area contributed by atoms with Gasteiger partial charge in [-0.15, -0.1) is 0 Å². The number of hydrogen-bond donors (Lipinski definition) is 2. The van der Waals surface area contributed by atoms with Crippen molar-refractivity contribution in [3.8, 4) is 0 Å². The van der Waals surface area contributed by atoms with Crippen LogP contribution in [-0.2, 0) is 4.79 Å². The maximum atomic E-state index is 11.9. The largest absolute Gasteiger partial charge is 0.325 e. The van der Waals surface area contributed by atoms with Crippen LogP contribution in [0.15, 0.2) is 22.7 Å². The van der Waals surface area contributed by atoms with Crippen LogP contribution in [0, 0.1) is 12.8 Å². The predicted molar refractivity (Wildman–Crippen MR) is 74.9 cm³/mol. The van der Waals surface area contributed by atoms with Crippen LogP contribution in [-0.4, -0.2) is 11.9 Å². The highest BCUT2D eigenvalue weighted by Gasteiger charge is 2.19. The highest BCUT2D eigenvalue weighted by Crippen LogP contribution is 2.20. The lowest BCUT2D eigenvalue weighted by molar-refractivity contribution is -0.118. The standard InChI is InChI=1S/C13H19BrN2O/c1-4-8(2)12(15)13(17)16-10-5-6-11(14)9(3)7-10/h5-8,12H,4,15H2,1-3H3,(H,16,17)/t8-,12-/m0/s1. The molecule has 0 aliphatic rings. The zero-order chi connectivity index (χ0) is 13.0. The molecule has 1 aromatic rings. The van der Waals surface area contributed by atoms with E-state index >= 15 is 0 Å². The van der Waals surface area contributed by atoms with Gasteiger partial charge in [-0.3, -0.25) is 4.79 Å². The van der Waals surface area contributed by atoms with E-state index < -0.39 is 6.04 Å². The van der Waals surface area contributed by atoms with Gasteiger partial charge >= 0.3 is 0 Å². The minimum atomic E-state index is -0.455. The molecule has 0 saturated carbocycles. The Labute approximate surface area is 111 Å². The van der Waals surface area contributed by atoms with E-state index in [2.05, 4.69) is 21.2 Å². The molecular formula is C13H19BrN2O. The van der Waals surface area contributed by atoms with Crippen molar-refractivity contribution >= 4 is 27.5 Å². The molecular weight excluding hydrogens is 280 g/mol. The van der Waals surface area contributed by atoms with Crippen molar-refractivity contribution in [2.45, 2.75) is 33.2 Å². The zero-order valence-corrected chi connectivity index (χ0v) is 12.0. The summed E-state index contributed by atoms with van der Waals surface area (Å²) in [5, 5.41) is 2.84. The van der Waals surface area contributed by atoms with E-state index in [9.17, 15) is 4.79 Å². The predicted octanol–water partition coefficient (Wildman–Crippen LogP) is 3.07. The highest BCUT2D eigenvalue weighted by molar-refractivity contribution is 9.10. The van der Waals surface area contributed by atoms with Crippen LogP contribution in [0.3, 0.4) is 0 Å². The second-order valence-electron chi connectivity index (χ2n) is 4.36. The van der Waals surface area contributed by atoms with Gasteiger partial charge in [-0.25, -0.2) is 0 Å². The van der Waals surface area contributed by atoms with Gasteiger partial charge in [0, 0.05) is 10.2 Å². The minimum Gasteiger partial charge on any atom is -0.325 e. The third-order valence-corrected chi connectivity index (χ3v) is 3.87. The summed E-state index contributed by atoms with van der Waals surface area (Å²) in [5.74, 6) is 0.0626. The lowest BCUT2D eigenvalue weighted by Gasteiger charge is -2.18. The number of aryl methyl sites for hydroxylation is 1. The molecule has 2 atom stereocenters. The molecule has 3 N–H and O–H groups in total. The van der Waals surface area contributed by atoms with Crippen molar-refractivity contribution in [2.75, 3.05) is 5.32 Å². The molecule has 0 aliphatic heterocycles. The number of carbonyl (C=O) groups is 1. The Bertz CT molecular complexity index is 406. The Hall–Kier alpha value is -0.870. The van der Waals surface area contributed by atoms with Gasteiger partial charge in [0.1, 0.15) is 0 Å². The first kappa shape index (κ1) is 14.2. The van der Waals surface area contributed by atoms with Gasteiger partial charge in [0.05, 0.1) is 6.04 Å². The first-order valence-corrected chi connectivity index (χ1v) is 6.57. The number of anilines is 1. The Morgan fingerprint density at radius 1 is 1.53 bits per heavy atom. The van der Waals surface area contributed by atoms with Gasteiger partial charge in [-0.05, 0) is 36.6 Å². The monoisotopic (exact) mass is 298 g/mol. The third kappa shape index (κ3) is 3.82. The lowest BCUT2D eigenvalue weighted by atomic mass is 9.99. The van der Waals surface area contributed by atoms with Crippen LogP contribution < -0.4 is 11.1 Å². The summed E-state index contributed by atoms with van der Waals surface area (Å²) in [6, 6.07) is 5.24. The Balaban J connectivity index is 2.71. The van der Waals surface area contributed by atoms with Crippen molar-refractivity contribution in [2.24, 2.45) is 11.7 Å². The first-order valence-electron chi connectivity index (χ1n) is 5.78. The van der Waals surface area contributed by atoms with E-state index in [1.165, 1.54) is 0 Å². The fourth-order valence-corrected chi connectivity index (χ4v) is 1.71. The number of nitrogens with two attached hydrogens (primary N) is 1. The molecule has 0 aliphatic carbocycles. The zero-order valence-electron chi connectivity index (χ0n) is 10.5. The van der Waals surface area contributed by atoms with Crippen LogP contribution in [0.4, 0.5) is 5.69 Å². The number of carbonyl (C=O) groups excluding carboxylic acids is 1. The first-order chi connectivity index (χ1) is 7.95. The summed E-state index contributed by atoms with van der Waals surface area (Å²) in [7, 11) is 0. The average Bonchev–Trinajstić information content (AvgIpc) is 2.31. The minimum absolute atomic E-state index is 0.124. The summed E-state index contributed by atoms with van der Waals surface area (Å²) in [5.41, 5.74) is 7.74. The van der Waals surface area contributed by atoms with E-state index in [4.69, 9.17) is 5.73 Å². The highest BCUT2D eigenvalue weighted by atomic mass is 79.9. The van der Waals surface area contributed by atoms with Crippen LogP contribution in [0.1, 0.15) is 25.8 Å². The Morgan fingerprint density at radius 2 is 2.18 bits per heavy atom. The van der Waals surface area contributed by atoms with Gasteiger partial charge in [0.15, 0.2) is 0 Å². The number of halogens is 1. The molecule has 0 heterocycles. The van der Waals surface area contributed by atoms with E-state index in [1.807, 2.05) is 39.0 Å². The molecule has 3 nitrogen and oxygen atoms in total. The molecule has 4 heteroatoms. The molecule has 0 spiro atoms. The fraction of sp³-hybridized carbons (Fsp3) is 0.462.